The van der Waals surface area contributed by atoms with Crippen LogP contribution in [0.1, 0.15) is 18.9 Å². The molecule has 2 amide bonds. The zero-order valence-electron chi connectivity index (χ0n) is 10.0. The third-order valence-corrected chi connectivity index (χ3v) is 3.62. The molecule has 1 atom stereocenters. The molecule has 0 bridgehead atoms. The zero-order chi connectivity index (χ0) is 14.0. The number of rotatable bonds is 4. The Morgan fingerprint density at radius 1 is 1.53 bits per heavy atom. The summed E-state index contributed by atoms with van der Waals surface area (Å²) in [7, 11) is 1.41. The minimum atomic E-state index is -0.998. The summed E-state index contributed by atoms with van der Waals surface area (Å²) < 4.78 is 1.28. The molecule has 0 aliphatic carbocycles. The molecule has 1 fully saturated rings. The van der Waals surface area contributed by atoms with Gasteiger partial charge >= 0.3 is 5.97 Å². The number of carbonyl (C=O) groups excluding carboxylic acids is 2. The topological polar surface area (TPSA) is 118 Å². The number of thioether (sulfide) groups is 1. The largest absolute Gasteiger partial charge is 0.481 e. The molecule has 0 radical (unpaired) electrons. The van der Waals surface area contributed by atoms with E-state index in [9.17, 15) is 14.4 Å². The second-order valence-corrected chi connectivity index (χ2v) is 4.88. The molecular formula is C9H11N5O4S. The summed E-state index contributed by atoms with van der Waals surface area (Å²) in [6.45, 7) is 0. The number of imide groups is 1. The summed E-state index contributed by atoms with van der Waals surface area (Å²) in [6, 6.07) is -0.658. The van der Waals surface area contributed by atoms with E-state index < -0.39 is 12.0 Å². The lowest BCUT2D eigenvalue weighted by Crippen LogP contribution is -2.43. The quantitative estimate of drug-likeness (QED) is 0.562. The van der Waals surface area contributed by atoms with E-state index in [-0.39, 0.29) is 29.1 Å². The van der Waals surface area contributed by atoms with Crippen molar-refractivity contribution in [2.24, 2.45) is 0 Å². The van der Waals surface area contributed by atoms with Gasteiger partial charge < -0.3 is 5.11 Å². The van der Waals surface area contributed by atoms with Crippen molar-refractivity contribution in [3.05, 3.63) is 0 Å². The Labute approximate surface area is 111 Å². The summed E-state index contributed by atoms with van der Waals surface area (Å²) in [5, 5.41) is 19.7. The highest BCUT2D eigenvalue weighted by atomic mass is 32.2. The summed E-state index contributed by atoms with van der Waals surface area (Å²) in [5.74, 6) is -1.83. The fraction of sp³-hybridized carbons (Fsp3) is 0.556. The van der Waals surface area contributed by atoms with Crippen LogP contribution in [0.5, 0.6) is 0 Å². The van der Waals surface area contributed by atoms with E-state index in [0.29, 0.717) is 6.42 Å². The molecule has 102 valence electrons. The average molecular weight is 285 g/mol. The molecule has 1 N–H and O–H groups in total. The van der Waals surface area contributed by atoms with Crippen LogP contribution >= 0.6 is 11.8 Å². The molecule has 0 spiro atoms. The molecule has 1 aromatic rings. The van der Waals surface area contributed by atoms with Crippen molar-refractivity contribution in [2.75, 3.05) is 12.8 Å². The highest BCUT2D eigenvalue weighted by Crippen LogP contribution is 2.26. The zero-order valence-corrected chi connectivity index (χ0v) is 10.8. The van der Waals surface area contributed by atoms with Crippen LogP contribution in [0.15, 0.2) is 5.16 Å². The molecular weight excluding hydrogens is 274 g/mol. The smallest absolute Gasteiger partial charge is 0.313 e. The SMILES string of the molecule is CN1C(=O)CCC(n2nnnc2SCC(=O)O)C1=O. The monoisotopic (exact) mass is 285 g/mol. The van der Waals surface area contributed by atoms with Crippen LogP contribution in [0.3, 0.4) is 0 Å². The van der Waals surface area contributed by atoms with E-state index in [1.54, 1.807) is 0 Å². The van der Waals surface area contributed by atoms with Crippen LogP contribution in [0.4, 0.5) is 0 Å². The van der Waals surface area contributed by atoms with Crippen molar-refractivity contribution in [3.8, 4) is 0 Å². The minimum absolute atomic E-state index is 0.198. The molecule has 1 unspecified atom stereocenters. The number of carboxylic acids is 1. The van der Waals surface area contributed by atoms with E-state index in [2.05, 4.69) is 15.5 Å². The van der Waals surface area contributed by atoms with Crippen molar-refractivity contribution >= 4 is 29.5 Å². The maximum Gasteiger partial charge on any atom is 0.313 e. The number of tetrazole rings is 1. The van der Waals surface area contributed by atoms with Crippen molar-refractivity contribution in [2.45, 2.75) is 24.0 Å². The maximum atomic E-state index is 12.0. The lowest BCUT2D eigenvalue weighted by molar-refractivity contribution is -0.149. The standard InChI is InChI=1S/C9H11N5O4S/c1-13-6(15)3-2-5(8(13)18)14-9(10-11-12-14)19-4-7(16)17/h5H,2-4H2,1H3,(H,16,17). The van der Waals surface area contributed by atoms with Gasteiger partial charge in [0.05, 0.1) is 5.75 Å². The van der Waals surface area contributed by atoms with Gasteiger partial charge in [0.2, 0.25) is 11.1 Å². The predicted octanol–water partition coefficient (Wildman–Crippen LogP) is -0.830. The van der Waals surface area contributed by atoms with Gasteiger partial charge in [-0.3, -0.25) is 19.3 Å². The van der Waals surface area contributed by atoms with Gasteiger partial charge in [-0.25, -0.2) is 4.68 Å². The molecule has 0 saturated carbocycles. The highest BCUT2D eigenvalue weighted by Gasteiger charge is 2.35. The number of hydrogen-bond acceptors (Lipinski definition) is 7. The van der Waals surface area contributed by atoms with Gasteiger partial charge in [-0.1, -0.05) is 11.8 Å². The molecule has 9 nitrogen and oxygen atoms in total. The van der Waals surface area contributed by atoms with Crippen LogP contribution in [-0.4, -0.2) is 60.8 Å². The van der Waals surface area contributed by atoms with Crippen molar-refractivity contribution in [1.29, 1.82) is 0 Å². The highest BCUT2D eigenvalue weighted by molar-refractivity contribution is 7.99. The molecule has 2 heterocycles. The Balaban J connectivity index is 2.18. The number of likely N-dealkylation sites (N-methyl/N-ethyl adjacent to an activating group) is 1. The second-order valence-electron chi connectivity index (χ2n) is 3.93. The number of carbonyl (C=O) groups is 3. The third-order valence-electron chi connectivity index (χ3n) is 2.70. The van der Waals surface area contributed by atoms with Gasteiger partial charge in [0.25, 0.3) is 5.91 Å². The first kappa shape index (κ1) is 13.5. The molecule has 19 heavy (non-hydrogen) atoms. The van der Waals surface area contributed by atoms with Gasteiger partial charge in [-0.2, -0.15) is 0 Å². The van der Waals surface area contributed by atoms with Gasteiger partial charge in [0.15, 0.2) is 0 Å². The maximum absolute atomic E-state index is 12.0. The molecule has 0 aromatic carbocycles. The Morgan fingerprint density at radius 2 is 2.26 bits per heavy atom. The number of aliphatic carboxylic acids is 1. The van der Waals surface area contributed by atoms with Crippen LogP contribution < -0.4 is 0 Å². The Morgan fingerprint density at radius 3 is 2.95 bits per heavy atom. The predicted molar refractivity (Wildman–Crippen MR) is 62.2 cm³/mol. The van der Waals surface area contributed by atoms with Crippen LogP contribution in [0, 0.1) is 0 Å². The summed E-state index contributed by atoms with van der Waals surface area (Å²) in [4.78, 5) is 34.9. The normalized spacial score (nSPS) is 19.8. The van der Waals surface area contributed by atoms with E-state index in [1.807, 2.05) is 0 Å². The number of hydrogen-bond donors (Lipinski definition) is 1. The van der Waals surface area contributed by atoms with Crippen molar-refractivity contribution < 1.29 is 19.5 Å². The summed E-state index contributed by atoms with van der Waals surface area (Å²) in [6.07, 6.45) is 0.545. The third kappa shape index (κ3) is 2.72. The lowest BCUT2D eigenvalue weighted by atomic mass is 10.1. The summed E-state index contributed by atoms with van der Waals surface area (Å²) >= 11 is 0.931. The first-order valence-corrected chi connectivity index (χ1v) is 6.42. The number of amides is 2. The van der Waals surface area contributed by atoms with E-state index >= 15 is 0 Å². The number of carboxylic acid groups (broad SMARTS) is 1. The molecule has 2 rings (SSSR count). The van der Waals surface area contributed by atoms with Gasteiger partial charge in [0.1, 0.15) is 6.04 Å². The first-order chi connectivity index (χ1) is 9.00. The van der Waals surface area contributed by atoms with Gasteiger partial charge in [-0.05, 0) is 16.8 Å². The Kier molecular flexibility index (Phi) is 3.79. The average Bonchev–Trinajstić information content (AvgIpc) is 2.82. The minimum Gasteiger partial charge on any atom is -0.481 e. The van der Waals surface area contributed by atoms with Crippen LogP contribution in [0.2, 0.25) is 0 Å². The number of aromatic nitrogens is 4. The Bertz CT molecular complexity index is 530. The number of nitrogens with zero attached hydrogens (tertiary/aromatic N) is 5. The molecule has 1 aliphatic heterocycles. The Hall–Kier alpha value is -1.97. The van der Waals surface area contributed by atoms with Gasteiger partial charge in [0, 0.05) is 13.5 Å². The first-order valence-electron chi connectivity index (χ1n) is 5.43. The van der Waals surface area contributed by atoms with E-state index in [4.69, 9.17) is 5.11 Å². The lowest BCUT2D eigenvalue weighted by Gasteiger charge is -2.27. The van der Waals surface area contributed by atoms with E-state index in [1.165, 1.54) is 11.7 Å². The van der Waals surface area contributed by atoms with Crippen LogP contribution in [0.25, 0.3) is 0 Å². The number of likely N-dealkylation sites (tertiary alicyclic amines) is 1. The van der Waals surface area contributed by atoms with Gasteiger partial charge in [-0.15, -0.1) is 5.10 Å². The molecule has 1 aromatic heterocycles. The fourth-order valence-electron chi connectivity index (χ4n) is 1.73. The van der Waals surface area contributed by atoms with E-state index in [0.717, 1.165) is 16.7 Å². The summed E-state index contributed by atoms with van der Waals surface area (Å²) in [5.41, 5.74) is 0. The fourth-order valence-corrected chi connectivity index (χ4v) is 2.37. The van der Waals surface area contributed by atoms with Crippen molar-refractivity contribution in [3.63, 3.8) is 0 Å². The second kappa shape index (κ2) is 5.34. The van der Waals surface area contributed by atoms with Crippen molar-refractivity contribution in [1.82, 2.24) is 25.1 Å². The number of piperidine rings is 1. The van der Waals surface area contributed by atoms with Crippen LogP contribution in [-0.2, 0) is 14.4 Å². The molecule has 1 aliphatic rings. The molecule has 10 heteroatoms. The molecule has 1 saturated heterocycles.